The van der Waals surface area contributed by atoms with Gasteiger partial charge < -0.3 is 15.0 Å². The van der Waals surface area contributed by atoms with E-state index in [2.05, 4.69) is 20.1 Å². The molecule has 2 aliphatic rings. The molecule has 2 fully saturated rings. The van der Waals surface area contributed by atoms with Crippen LogP contribution in [0.1, 0.15) is 16.8 Å². The molecule has 7 heteroatoms. The minimum Gasteiger partial charge on any atom is -0.379 e. The molecule has 0 unspecified atom stereocenters. The first-order valence-electron chi connectivity index (χ1n) is 10.8. The summed E-state index contributed by atoms with van der Waals surface area (Å²) in [4.78, 5) is 24.0. The Morgan fingerprint density at radius 2 is 1.87 bits per heavy atom. The number of nitrogens with one attached hydrogen (secondary N) is 1. The SMILES string of the molecule is CN(c1ccccc1)c1ccc(C(=O)N[C@H]2CCN(CCN3CCOCC3)C2)cn1. The van der Waals surface area contributed by atoms with Crippen LogP contribution < -0.4 is 10.2 Å². The number of hydrogen-bond donors (Lipinski definition) is 1. The number of aromatic nitrogens is 1. The summed E-state index contributed by atoms with van der Waals surface area (Å²) in [6, 6.07) is 14.0. The lowest BCUT2D eigenvalue weighted by Crippen LogP contribution is -2.42. The Kier molecular flexibility index (Phi) is 6.94. The number of hydrogen-bond acceptors (Lipinski definition) is 6. The van der Waals surface area contributed by atoms with Gasteiger partial charge in [0.05, 0.1) is 18.8 Å². The molecule has 30 heavy (non-hydrogen) atoms. The monoisotopic (exact) mass is 409 g/mol. The number of amides is 1. The van der Waals surface area contributed by atoms with Crippen molar-refractivity contribution in [1.82, 2.24) is 20.1 Å². The molecule has 1 aromatic carbocycles. The standard InChI is InChI=1S/C23H31N5O2/c1-26(21-5-3-2-4-6-21)22-8-7-19(17-24-22)23(29)25-20-9-10-28(18-20)12-11-27-13-15-30-16-14-27/h2-8,17,20H,9-16,18H2,1H3,(H,25,29)/t20-/m0/s1. The molecule has 0 spiro atoms. The highest BCUT2D eigenvalue weighted by Gasteiger charge is 2.25. The Hall–Kier alpha value is -2.48. The number of pyridine rings is 1. The number of carbonyl (C=O) groups is 1. The Morgan fingerprint density at radius 3 is 2.60 bits per heavy atom. The van der Waals surface area contributed by atoms with Crippen LogP contribution in [0, 0.1) is 0 Å². The van der Waals surface area contributed by atoms with E-state index < -0.39 is 0 Å². The van der Waals surface area contributed by atoms with Gasteiger partial charge in [-0.2, -0.15) is 0 Å². The smallest absolute Gasteiger partial charge is 0.253 e. The normalized spacial score (nSPS) is 20.2. The van der Waals surface area contributed by atoms with Crippen LogP contribution >= 0.6 is 0 Å². The van der Waals surface area contributed by atoms with Gasteiger partial charge in [0, 0.05) is 64.2 Å². The number of carbonyl (C=O) groups excluding carboxylic acids is 1. The first kappa shape index (κ1) is 20.8. The second kappa shape index (κ2) is 10.0. The maximum Gasteiger partial charge on any atom is 0.253 e. The van der Waals surface area contributed by atoms with E-state index >= 15 is 0 Å². The molecular formula is C23H31N5O2. The van der Waals surface area contributed by atoms with Crippen LogP contribution in [-0.4, -0.2) is 86.3 Å². The molecule has 2 aliphatic heterocycles. The van der Waals surface area contributed by atoms with Crippen molar-refractivity contribution < 1.29 is 9.53 Å². The van der Waals surface area contributed by atoms with Gasteiger partial charge in [-0.15, -0.1) is 0 Å². The van der Waals surface area contributed by atoms with Gasteiger partial charge in [-0.3, -0.25) is 14.6 Å². The number of ether oxygens (including phenoxy) is 1. The fourth-order valence-electron chi connectivity index (χ4n) is 4.03. The van der Waals surface area contributed by atoms with Gasteiger partial charge in [0.25, 0.3) is 5.91 Å². The second-order valence-electron chi connectivity index (χ2n) is 8.01. The Labute approximate surface area is 178 Å². The van der Waals surface area contributed by atoms with Gasteiger partial charge in [-0.05, 0) is 30.7 Å². The molecule has 1 amide bonds. The van der Waals surface area contributed by atoms with Crippen molar-refractivity contribution in [3.8, 4) is 0 Å². The topological polar surface area (TPSA) is 60.9 Å². The molecule has 160 valence electrons. The van der Waals surface area contributed by atoms with Crippen molar-refractivity contribution >= 4 is 17.4 Å². The number of likely N-dealkylation sites (tertiary alicyclic amines) is 1. The second-order valence-corrected chi connectivity index (χ2v) is 8.01. The summed E-state index contributed by atoms with van der Waals surface area (Å²) in [6.45, 7) is 7.80. The number of nitrogens with zero attached hydrogens (tertiary/aromatic N) is 4. The molecule has 0 radical (unpaired) electrons. The fourth-order valence-corrected chi connectivity index (χ4v) is 4.03. The zero-order valence-electron chi connectivity index (χ0n) is 17.7. The van der Waals surface area contributed by atoms with Crippen molar-refractivity contribution in [2.24, 2.45) is 0 Å². The third kappa shape index (κ3) is 5.36. The van der Waals surface area contributed by atoms with Gasteiger partial charge in [0.2, 0.25) is 0 Å². The molecule has 0 aliphatic carbocycles. The molecule has 1 aromatic heterocycles. The molecule has 1 atom stereocenters. The molecule has 4 rings (SSSR count). The van der Waals surface area contributed by atoms with E-state index in [1.165, 1.54) is 0 Å². The van der Waals surface area contributed by atoms with E-state index in [1.807, 2.05) is 54.4 Å². The van der Waals surface area contributed by atoms with Crippen molar-refractivity contribution in [3.63, 3.8) is 0 Å². The largest absolute Gasteiger partial charge is 0.379 e. The lowest BCUT2D eigenvalue weighted by Gasteiger charge is -2.28. The summed E-state index contributed by atoms with van der Waals surface area (Å²) >= 11 is 0. The third-order valence-corrected chi connectivity index (χ3v) is 5.94. The lowest BCUT2D eigenvalue weighted by atomic mass is 10.2. The number of benzene rings is 1. The van der Waals surface area contributed by atoms with Crippen molar-refractivity contribution in [2.45, 2.75) is 12.5 Å². The first-order valence-corrected chi connectivity index (χ1v) is 10.8. The van der Waals surface area contributed by atoms with Gasteiger partial charge in [0.15, 0.2) is 0 Å². The highest BCUT2D eigenvalue weighted by Crippen LogP contribution is 2.21. The summed E-state index contributed by atoms with van der Waals surface area (Å²) in [5.74, 6) is 0.768. The highest BCUT2D eigenvalue weighted by atomic mass is 16.5. The van der Waals surface area contributed by atoms with Crippen molar-refractivity contribution in [2.75, 3.05) is 64.4 Å². The third-order valence-electron chi connectivity index (χ3n) is 5.94. The quantitative estimate of drug-likeness (QED) is 0.755. The lowest BCUT2D eigenvalue weighted by molar-refractivity contribution is 0.0343. The van der Waals surface area contributed by atoms with Gasteiger partial charge in [-0.25, -0.2) is 4.98 Å². The summed E-state index contributed by atoms with van der Waals surface area (Å²) in [6.07, 6.45) is 2.66. The van der Waals surface area contributed by atoms with E-state index in [4.69, 9.17) is 4.74 Å². The van der Waals surface area contributed by atoms with Crippen LogP contribution in [0.25, 0.3) is 0 Å². The van der Waals surface area contributed by atoms with E-state index in [1.54, 1.807) is 6.20 Å². The van der Waals surface area contributed by atoms with Crippen LogP contribution in [0.2, 0.25) is 0 Å². The van der Waals surface area contributed by atoms with E-state index in [0.29, 0.717) is 5.56 Å². The number of para-hydroxylation sites is 1. The van der Waals surface area contributed by atoms with Crippen LogP contribution in [-0.2, 0) is 4.74 Å². The van der Waals surface area contributed by atoms with Crippen molar-refractivity contribution in [3.05, 3.63) is 54.2 Å². The number of anilines is 2. The summed E-state index contributed by atoms with van der Waals surface area (Å²) in [5, 5.41) is 3.18. The van der Waals surface area contributed by atoms with Crippen LogP contribution in [0.5, 0.6) is 0 Å². The number of rotatable bonds is 7. The van der Waals surface area contributed by atoms with E-state index in [0.717, 1.165) is 70.4 Å². The van der Waals surface area contributed by atoms with Gasteiger partial charge in [0.1, 0.15) is 5.82 Å². The Morgan fingerprint density at radius 1 is 1.10 bits per heavy atom. The first-order chi connectivity index (χ1) is 14.7. The Balaban J connectivity index is 1.25. The minimum absolute atomic E-state index is 0.0450. The maximum absolute atomic E-state index is 12.7. The molecule has 2 saturated heterocycles. The average molecular weight is 410 g/mol. The zero-order chi connectivity index (χ0) is 20.8. The molecule has 0 saturated carbocycles. The molecule has 2 aromatic rings. The Bertz CT molecular complexity index is 808. The molecule has 3 heterocycles. The highest BCUT2D eigenvalue weighted by molar-refractivity contribution is 5.94. The predicted octanol–water partition coefficient (Wildman–Crippen LogP) is 1.99. The summed E-state index contributed by atoms with van der Waals surface area (Å²) < 4.78 is 5.41. The molecule has 0 bridgehead atoms. The summed E-state index contributed by atoms with van der Waals surface area (Å²) in [7, 11) is 1.97. The van der Waals surface area contributed by atoms with Crippen LogP contribution in [0.15, 0.2) is 48.7 Å². The van der Waals surface area contributed by atoms with Crippen LogP contribution in [0.4, 0.5) is 11.5 Å². The fraction of sp³-hybridized carbons (Fsp3) is 0.478. The zero-order valence-corrected chi connectivity index (χ0v) is 17.7. The van der Waals surface area contributed by atoms with Gasteiger partial charge >= 0.3 is 0 Å². The average Bonchev–Trinajstić information content (AvgIpc) is 3.26. The molecule has 1 N–H and O–H groups in total. The predicted molar refractivity (Wildman–Crippen MR) is 118 cm³/mol. The molecular weight excluding hydrogens is 378 g/mol. The summed E-state index contributed by atoms with van der Waals surface area (Å²) in [5.41, 5.74) is 1.66. The van der Waals surface area contributed by atoms with E-state index in [-0.39, 0.29) is 11.9 Å². The minimum atomic E-state index is -0.0450. The maximum atomic E-state index is 12.7. The van der Waals surface area contributed by atoms with Gasteiger partial charge in [-0.1, -0.05) is 18.2 Å². The number of morpholine rings is 1. The van der Waals surface area contributed by atoms with Crippen LogP contribution in [0.3, 0.4) is 0 Å². The molecule has 7 nitrogen and oxygen atoms in total. The van der Waals surface area contributed by atoms with E-state index in [9.17, 15) is 4.79 Å². The van der Waals surface area contributed by atoms with Crippen molar-refractivity contribution in [1.29, 1.82) is 0 Å².